The second-order valence-electron chi connectivity index (χ2n) is 8.15. The average Bonchev–Trinajstić information content (AvgIpc) is 3.30. The summed E-state index contributed by atoms with van der Waals surface area (Å²) in [6, 6.07) is 10.3. The lowest BCUT2D eigenvalue weighted by Gasteiger charge is -2.27. The monoisotopic (exact) mass is 386 g/mol. The van der Waals surface area contributed by atoms with E-state index in [1.807, 2.05) is 6.07 Å². The largest absolute Gasteiger partial charge is 0.481 e. The van der Waals surface area contributed by atoms with Gasteiger partial charge in [0.2, 0.25) is 0 Å². The van der Waals surface area contributed by atoms with Gasteiger partial charge in [0.15, 0.2) is 0 Å². The normalized spacial score (nSPS) is 26.3. The molecule has 1 N–H and O–H groups in total. The molecule has 1 aromatic carbocycles. The molecular weight excluding hydrogens is 352 g/mol. The summed E-state index contributed by atoms with van der Waals surface area (Å²) in [4.78, 5) is 10.6. The lowest BCUT2D eigenvalue weighted by atomic mass is 9.75. The fourth-order valence-corrected chi connectivity index (χ4v) is 4.69. The molecule has 0 radical (unpaired) electrons. The van der Waals surface area contributed by atoms with E-state index in [-0.39, 0.29) is 6.42 Å². The second kappa shape index (κ2) is 11.4. The van der Waals surface area contributed by atoms with Crippen LogP contribution in [0.25, 0.3) is 0 Å². The highest BCUT2D eigenvalue weighted by atomic mass is 16.5. The van der Waals surface area contributed by atoms with Crippen molar-refractivity contribution in [3.63, 3.8) is 0 Å². The summed E-state index contributed by atoms with van der Waals surface area (Å²) >= 11 is 0. The first-order valence-corrected chi connectivity index (χ1v) is 10.9. The third kappa shape index (κ3) is 6.46. The maximum atomic E-state index is 10.6. The lowest BCUT2D eigenvalue weighted by molar-refractivity contribution is -0.137. The van der Waals surface area contributed by atoms with Crippen molar-refractivity contribution in [1.82, 2.24) is 0 Å². The third-order valence-corrected chi connectivity index (χ3v) is 6.11. The lowest BCUT2D eigenvalue weighted by Crippen LogP contribution is -2.26. The van der Waals surface area contributed by atoms with Crippen LogP contribution in [0.5, 0.6) is 0 Å². The topological polar surface area (TPSA) is 55.8 Å². The van der Waals surface area contributed by atoms with E-state index in [0.717, 1.165) is 32.3 Å². The first-order chi connectivity index (χ1) is 13.7. The summed E-state index contributed by atoms with van der Waals surface area (Å²) in [6.45, 7) is 1.53. The Morgan fingerprint density at radius 2 is 1.86 bits per heavy atom. The van der Waals surface area contributed by atoms with Crippen molar-refractivity contribution in [3.8, 4) is 0 Å². The van der Waals surface area contributed by atoms with E-state index >= 15 is 0 Å². The number of rotatable bonds is 13. The van der Waals surface area contributed by atoms with Gasteiger partial charge in [-0.3, -0.25) is 4.79 Å². The van der Waals surface area contributed by atoms with Crippen molar-refractivity contribution in [2.75, 3.05) is 6.61 Å². The van der Waals surface area contributed by atoms with Crippen LogP contribution in [0.1, 0.15) is 63.4 Å². The number of aliphatic carboxylic acids is 1. The fraction of sp³-hybridized carbons (Fsp3) is 0.625. The Hall–Kier alpha value is -1.65. The Morgan fingerprint density at radius 3 is 2.64 bits per heavy atom. The minimum atomic E-state index is -0.706. The molecule has 0 saturated carbocycles. The first kappa shape index (κ1) is 21.1. The predicted octanol–water partition coefficient (Wildman–Crippen LogP) is 5.37. The molecule has 2 saturated heterocycles. The third-order valence-electron chi connectivity index (χ3n) is 6.11. The van der Waals surface area contributed by atoms with Gasteiger partial charge in [-0.1, -0.05) is 48.9 Å². The van der Waals surface area contributed by atoms with Crippen LogP contribution in [-0.4, -0.2) is 29.9 Å². The van der Waals surface area contributed by atoms with Crippen molar-refractivity contribution in [3.05, 3.63) is 48.0 Å². The van der Waals surface area contributed by atoms with Gasteiger partial charge in [0, 0.05) is 13.0 Å². The summed E-state index contributed by atoms with van der Waals surface area (Å²) in [5.41, 5.74) is 1.24. The van der Waals surface area contributed by atoms with E-state index < -0.39 is 5.97 Å². The van der Waals surface area contributed by atoms with Gasteiger partial charge in [-0.25, -0.2) is 0 Å². The molecule has 4 nitrogen and oxygen atoms in total. The molecule has 2 fully saturated rings. The molecular formula is C24H34O4. The summed E-state index contributed by atoms with van der Waals surface area (Å²) in [7, 11) is 0. The van der Waals surface area contributed by atoms with Gasteiger partial charge in [-0.05, 0) is 62.3 Å². The van der Waals surface area contributed by atoms with Crippen LogP contribution in [0, 0.1) is 11.8 Å². The van der Waals surface area contributed by atoms with E-state index in [1.54, 1.807) is 0 Å². The molecule has 0 aromatic heterocycles. The summed E-state index contributed by atoms with van der Waals surface area (Å²) < 4.78 is 12.0. The zero-order valence-corrected chi connectivity index (χ0v) is 16.8. The van der Waals surface area contributed by atoms with E-state index in [0.29, 0.717) is 30.7 Å². The van der Waals surface area contributed by atoms with Crippen LogP contribution >= 0.6 is 0 Å². The van der Waals surface area contributed by atoms with Crippen LogP contribution < -0.4 is 0 Å². The van der Waals surface area contributed by atoms with E-state index in [9.17, 15) is 4.79 Å². The van der Waals surface area contributed by atoms with Gasteiger partial charge in [0.05, 0.1) is 18.8 Å². The van der Waals surface area contributed by atoms with Crippen molar-refractivity contribution >= 4 is 5.97 Å². The Balaban J connectivity index is 1.31. The van der Waals surface area contributed by atoms with Crippen LogP contribution in [0.2, 0.25) is 0 Å². The van der Waals surface area contributed by atoms with Crippen molar-refractivity contribution in [2.24, 2.45) is 11.8 Å². The highest BCUT2D eigenvalue weighted by Gasteiger charge is 2.47. The molecule has 0 spiro atoms. The number of ether oxygens (including phenoxy) is 2. The SMILES string of the molecule is O=C(O)CCC/C=C\C[C@@H]1[C@H](CCCCOCc2ccccc2)[C@@H]2CC[C@H]1O2. The zero-order chi connectivity index (χ0) is 19.6. The van der Waals surface area contributed by atoms with Crippen LogP contribution in [0.3, 0.4) is 0 Å². The number of fused-ring (bicyclic) bond motifs is 2. The van der Waals surface area contributed by atoms with Gasteiger partial charge < -0.3 is 14.6 Å². The predicted molar refractivity (Wildman–Crippen MR) is 110 cm³/mol. The number of carboxylic acid groups (broad SMARTS) is 1. The molecule has 0 amide bonds. The summed E-state index contributed by atoms with van der Waals surface area (Å²) in [5, 5.41) is 8.69. The zero-order valence-electron chi connectivity index (χ0n) is 16.8. The quantitative estimate of drug-likeness (QED) is 0.366. The molecule has 154 valence electrons. The average molecular weight is 387 g/mol. The Bertz CT molecular complexity index is 612. The van der Waals surface area contributed by atoms with Gasteiger partial charge in [-0.15, -0.1) is 0 Å². The molecule has 3 rings (SSSR count). The van der Waals surface area contributed by atoms with E-state index in [1.165, 1.54) is 31.2 Å². The van der Waals surface area contributed by atoms with E-state index in [2.05, 4.69) is 36.4 Å². The number of carboxylic acids is 1. The minimum absolute atomic E-state index is 0.260. The number of hydrogen-bond acceptors (Lipinski definition) is 3. The van der Waals surface area contributed by atoms with Crippen molar-refractivity contribution < 1.29 is 19.4 Å². The Labute approximate surface area is 168 Å². The van der Waals surface area contributed by atoms with Crippen LogP contribution in [0.15, 0.2) is 42.5 Å². The van der Waals surface area contributed by atoms with Crippen molar-refractivity contribution in [1.29, 1.82) is 0 Å². The molecule has 4 heteroatoms. The first-order valence-electron chi connectivity index (χ1n) is 10.9. The van der Waals surface area contributed by atoms with Crippen molar-refractivity contribution in [2.45, 2.75) is 76.6 Å². The Kier molecular flexibility index (Phi) is 8.56. The second-order valence-corrected chi connectivity index (χ2v) is 8.15. The maximum Gasteiger partial charge on any atom is 0.303 e. The molecule has 2 aliphatic rings. The van der Waals surface area contributed by atoms with E-state index in [4.69, 9.17) is 14.6 Å². The maximum absolute atomic E-state index is 10.6. The van der Waals surface area contributed by atoms with Crippen LogP contribution in [-0.2, 0) is 20.9 Å². The summed E-state index contributed by atoms with van der Waals surface area (Å²) in [6.07, 6.45) is 14.2. The van der Waals surface area contributed by atoms with Gasteiger partial charge in [0.1, 0.15) is 0 Å². The van der Waals surface area contributed by atoms with Crippen LogP contribution in [0.4, 0.5) is 0 Å². The molecule has 1 aromatic rings. The Morgan fingerprint density at radius 1 is 1.07 bits per heavy atom. The minimum Gasteiger partial charge on any atom is -0.481 e. The molecule has 2 bridgehead atoms. The fourth-order valence-electron chi connectivity index (χ4n) is 4.69. The highest BCUT2D eigenvalue weighted by Crippen LogP contribution is 2.47. The van der Waals surface area contributed by atoms with Gasteiger partial charge in [0.25, 0.3) is 0 Å². The molecule has 2 heterocycles. The molecule has 0 aliphatic carbocycles. The van der Waals surface area contributed by atoms with Gasteiger partial charge >= 0.3 is 5.97 Å². The summed E-state index contributed by atoms with van der Waals surface area (Å²) in [5.74, 6) is 0.610. The smallest absolute Gasteiger partial charge is 0.303 e. The number of allylic oxidation sites excluding steroid dienone is 2. The standard InChI is InChI=1S/C24H34O4/c25-24(26)14-7-2-1-6-12-20-21(23-16-15-22(20)28-23)13-8-9-17-27-18-19-10-4-3-5-11-19/h1,3-6,10-11,20-23H,2,7-9,12-18H2,(H,25,26)/b6-1-/t20-,21+,22-,23+/m1/s1. The number of hydrogen-bond donors (Lipinski definition) is 1. The molecule has 2 aliphatic heterocycles. The van der Waals surface area contributed by atoms with Gasteiger partial charge in [-0.2, -0.15) is 0 Å². The number of benzene rings is 1. The molecule has 28 heavy (non-hydrogen) atoms. The number of unbranched alkanes of at least 4 members (excludes halogenated alkanes) is 2. The highest BCUT2D eigenvalue weighted by molar-refractivity contribution is 5.66. The number of carbonyl (C=O) groups is 1. The molecule has 0 unspecified atom stereocenters. The molecule has 4 atom stereocenters.